The highest BCUT2D eigenvalue weighted by Gasteiger charge is 2.41. The fourth-order valence-corrected chi connectivity index (χ4v) is 3.52. The number of carbonyl (C=O) groups excluding carboxylic acids is 1. The van der Waals surface area contributed by atoms with Crippen LogP contribution in [0.1, 0.15) is 23.6 Å². The number of benzene rings is 1. The molecular formula is C23H25N3O2. The summed E-state index contributed by atoms with van der Waals surface area (Å²) >= 11 is 0. The van der Waals surface area contributed by atoms with Crippen LogP contribution in [0.4, 0.5) is 0 Å². The number of hydrogen-bond acceptors (Lipinski definition) is 4. The largest absolute Gasteiger partial charge is 0.380 e. The van der Waals surface area contributed by atoms with Gasteiger partial charge in [-0.3, -0.25) is 14.8 Å². The van der Waals surface area contributed by atoms with E-state index in [1.807, 2.05) is 54.6 Å². The van der Waals surface area contributed by atoms with Crippen molar-refractivity contribution in [2.45, 2.75) is 18.9 Å². The van der Waals surface area contributed by atoms with Crippen molar-refractivity contribution >= 4 is 5.91 Å². The molecule has 5 heteroatoms. The van der Waals surface area contributed by atoms with E-state index in [9.17, 15) is 9.90 Å². The van der Waals surface area contributed by atoms with E-state index >= 15 is 0 Å². The zero-order valence-electron chi connectivity index (χ0n) is 16.2. The number of aliphatic hydroxyl groups is 1. The zero-order valence-corrected chi connectivity index (χ0v) is 16.2. The zero-order chi connectivity index (χ0) is 20.0. The molecule has 1 unspecified atom stereocenters. The lowest BCUT2D eigenvalue weighted by Crippen LogP contribution is -2.44. The number of nitrogens with zero attached hydrogens (tertiary/aromatic N) is 3. The molecule has 5 nitrogen and oxygen atoms in total. The SMILES string of the molecule is CC(=O)N(C)CC(Cc1ccccc1)C(O)(c1cccnc1)c1cccnc1. The normalized spacial score (nSPS) is 12.4. The summed E-state index contributed by atoms with van der Waals surface area (Å²) in [6.07, 6.45) is 7.32. The number of amides is 1. The summed E-state index contributed by atoms with van der Waals surface area (Å²) in [5.41, 5.74) is 1.11. The Hall–Kier alpha value is -3.05. The number of hydrogen-bond donors (Lipinski definition) is 1. The number of carbonyl (C=O) groups is 1. The van der Waals surface area contributed by atoms with Crippen molar-refractivity contribution in [3.05, 3.63) is 96.1 Å². The molecule has 28 heavy (non-hydrogen) atoms. The van der Waals surface area contributed by atoms with E-state index in [0.29, 0.717) is 24.1 Å². The first-order chi connectivity index (χ1) is 13.5. The van der Waals surface area contributed by atoms with E-state index in [4.69, 9.17) is 0 Å². The molecule has 2 heterocycles. The molecule has 0 bridgehead atoms. The van der Waals surface area contributed by atoms with Crippen molar-refractivity contribution in [3.63, 3.8) is 0 Å². The lowest BCUT2D eigenvalue weighted by molar-refractivity contribution is -0.129. The third-order valence-electron chi connectivity index (χ3n) is 5.15. The second kappa shape index (κ2) is 8.76. The fourth-order valence-electron chi connectivity index (χ4n) is 3.52. The minimum atomic E-state index is -1.35. The second-order valence-corrected chi connectivity index (χ2v) is 7.04. The van der Waals surface area contributed by atoms with Gasteiger partial charge in [0.1, 0.15) is 5.60 Å². The maximum Gasteiger partial charge on any atom is 0.219 e. The van der Waals surface area contributed by atoms with Gasteiger partial charge in [-0.25, -0.2) is 0 Å². The van der Waals surface area contributed by atoms with E-state index in [1.165, 1.54) is 6.92 Å². The molecule has 1 aromatic carbocycles. The first-order valence-electron chi connectivity index (χ1n) is 9.31. The van der Waals surface area contributed by atoms with Crippen LogP contribution in [-0.2, 0) is 16.8 Å². The van der Waals surface area contributed by atoms with Crippen LogP contribution in [0.25, 0.3) is 0 Å². The Morgan fingerprint density at radius 2 is 1.57 bits per heavy atom. The van der Waals surface area contributed by atoms with Crippen molar-refractivity contribution in [1.82, 2.24) is 14.9 Å². The summed E-state index contributed by atoms with van der Waals surface area (Å²) in [5, 5.41) is 12.1. The predicted octanol–water partition coefficient (Wildman–Crippen LogP) is 3.05. The summed E-state index contributed by atoms with van der Waals surface area (Å²) in [6.45, 7) is 1.93. The van der Waals surface area contributed by atoms with Crippen molar-refractivity contribution in [2.24, 2.45) is 5.92 Å². The van der Waals surface area contributed by atoms with Crippen LogP contribution in [0.5, 0.6) is 0 Å². The van der Waals surface area contributed by atoms with Crippen molar-refractivity contribution < 1.29 is 9.90 Å². The molecule has 1 atom stereocenters. The molecule has 0 spiro atoms. The van der Waals surface area contributed by atoms with Crippen LogP contribution in [0, 0.1) is 5.92 Å². The van der Waals surface area contributed by atoms with Crippen molar-refractivity contribution in [1.29, 1.82) is 0 Å². The molecule has 3 rings (SSSR count). The standard InChI is InChI=1S/C23H25N3O2/c1-18(27)26(2)17-22(14-19-8-4-3-5-9-19)23(28,20-10-6-12-24-15-20)21-11-7-13-25-16-21/h3-13,15-16,22,28H,14,17H2,1-2H3. The minimum Gasteiger partial charge on any atom is -0.380 e. The van der Waals surface area contributed by atoms with Gasteiger partial charge in [0.15, 0.2) is 0 Å². The molecule has 0 aliphatic rings. The lowest BCUT2D eigenvalue weighted by atomic mass is 9.74. The monoisotopic (exact) mass is 375 g/mol. The van der Waals surface area contributed by atoms with Crippen LogP contribution in [0.15, 0.2) is 79.4 Å². The Morgan fingerprint density at radius 1 is 1.00 bits per heavy atom. The molecular weight excluding hydrogens is 350 g/mol. The van der Waals surface area contributed by atoms with E-state index < -0.39 is 5.60 Å². The van der Waals surface area contributed by atoms with Crippen LogP contribution in [-0.4, -0.2) is 39.5 Å². The Morgan fingerprint density at radius 3 is 2.04 bits per heavy atom. The summed E-state index contributed by atoms with van der Waals surface area (Å²) in [6, 6.07) is 17.4. The Balaban J connectivity index is 2.11. The molecule has 0 saturated heterocycles. The van der Waals surface area contributed by atoms with E-state index in [-0.39, 0.29) is 11.8 Å². The molecule has 0 aliphatic heterocycles. The molecule has 3 aromatic rings. The van der Waals surface area contributed by atoms with Crippen LogP contribution < -0.4 is 0 Å². The second-order valence-electron chi connectivity index (χ2n) is 7.04. The van der Waals surface area contributed by atoms with Gasteiger partial charge in [0.25, 0.3) is 0 Å². The van der Waals surface area contributed by atoms with Gasteiger partial charge in [-0.15, -0.1) is 0 Å². The van der Waals surface area contributed by atoms with Gasteiger partial charge in [0.2, 0.25) is 5.91 Å². The Kier molecular flexibility index (Phi) is 6.16. The highest BCUT2D eigenvalue weighted by molar-refractivity contribution is 5.72. The molecule has 0 saturated carbocycles. The van der Waals surface area contributed by atoms with Gasteiger partial charge in [-0.2, -0.15) is 0 Å². The molecule has 0 fully saturated rings. The van der Waals surface area contributed by atoms with E-state index in [2.05, 4.69) is 9.97 Å². The van der Waals surface area contributed by atoms with E-state index in [0.717, 1.165) is 5.56 Å². The summed E-state index contributed by atoms with van der Waals surface area (Å²) < 4.78 is 0. The maximum atomic E-state index is 12.1. The highest BCUT2D eigenvalue weighted by Crippen LogP contribution is 2.38. The minimum absolute atomic E-state index is 0.0437. The van der Waals surface area contributed by atoms with E-state index in [1.54, 1.807) is 36.7 Å². The molecule has 1 N–H and O–H groups in total. The predicted molar refractivity (Wildman–Crippen MR) is 108 cm³/mol. The summed E-state index contributed by atoms with van der Waals surface area (Å²) in [5.74, 6) is -0.338. The maximum absolute atomic E-state index is 12.1. The van der Waals surface area contributed by atoms with Gasteiger partial charge in [-0.05, 0) is 24.1 Å². The molecule has 0 aliphatic carbocycles. The van der Waals surface area contributed by atoms with Crippen LogP contribution >= 0.6 is 0 Å². The molecule has 2 aromatic heterocycles. The smallest absolute Gasteiger partial charge is 0.219 e. The number of pyridine rings is 2. The Labute approximate surface area is 165 Å². The van der Waals surface area contributed by atoms with Gasteiger partial charge in [0, 0.05) is 62.3 Å². The molecule has 0 radical (unpaired) electrons. The van der Waals surface area contributed by atoms with Gasteiger partial charge in [0.05, 0.1) is 0 Å². The first-order valence-corrected chi connectivity index (χ1v) is 9.31. The average molecular weight is 375 g/mol. The first kappa shape index (κ1) is 19.7. The van der Waals surface area contributed by atoms with Gasteiger partial charge in [-0.1, -0.05) is 42.5 Å². The quantitative estimate of drug-likeness (QED) is 0.689. The Bertz CT molecular complexity index is 846. The third kappa shape index (κ3) is 4.26. The van der Waals surface area contributed by atoms with Crippen molar-refractivity contribution in [3.8, 4) is 0 Å². The average Bonchev–Trinajstić information content (AvgIpc) is 2.74. The van der Waals surface area contributed by atoms with Crippen molar-refractivity contribution in [2.75, 3.05) is 13.6 Å². The third-order valence-corrected chi connectivity index (χ3v) is 5.15. The van der Waals surface area contributed by atoms with Crippen LogP contribution in [0.2, 0.25) is 0 Å². The highest BCUT2D eigenvalue weighted by atomic mass is 16.3. The van der Waals surface area contributed by atoms with Crippen LogP contribution in [0.3, 0.4) is 0 Å². The molecule has 1 amide bonds. The number of aromatic nitrogens is 2. The van der Waals surface area contributed by atoms with Gasteiger partial charge < -0.3 is 10.0 Å². The topological polar surface area (TPSA) is 66.3 Å². The fraction of sp³-hybridized carbons (Fsp3) is 0.261. The summed E-state index contributed by atoms with van der Waals surface area (Å²) in [7, 11) is 1.76. The molecule has 144 valence electrons. The number of rotatable bonds is 7. The van der Waals surface area contributed by atoms with Gasteiger partial charge >= 0.3 is 0 Å². The lowest BCUT2D eigenvalue weighted by Gasteiger charge is -2.39. The summed E-state index contributed by atoms with van der Waals surface area (Å²) in [4.78, 5) is 22.0.